The number of rotatable bonds is 1. The van der Waals surface area contributed by atoms with Crippen LogP contribution in [-0.4, -0.2) is 5.11 Å². The molecule has 0 atom stereocenters. The average molecular weight is 264 g/mol. The molecule has 0 unspecified atom stereocenters. The third-order valence-corrected chi connectivity index (χ3v) is 5.67. The highest BCUT2D eigenvalue weighted by Crippen LogP contribution is 2.61. The number of hydrogen-bond donors (Lipinski definition) is 1. The molecule has 1 N–H and O–H groups in total. The van der Waals surface area contributed by atoms with Crippen LogP contribution in [-0.2, 0) is 5.41 Å². The Morgan fingerprint density at radius 3 is 1.95 bits per heavy atom. The molecule has 19 heavy (non-hydrogen) atoms. The number of phenols is 1. The van der Waals surface area contributed by atoms with E-state index in [2.05, 4.69) is 0 Å². The van der Waals surface area contributed by atoms with Crippen LogP contribution in [0.2, 0.25) is 0 Å². The summed E-state index contributed by atoms with van der Waals surface area (Å²) in [6.07, 6.45) is 6.84. The van der Waals surface area contributed by atoms with Crippen LogP contribution in [0.15, 0.2) is 12.1 Å². The van der Waals surface area contributed by atoms with Gasteiger partial charge in [-0.1, -0.05) is 6.07 Å². The summed E-state index contributed by atoms with van der Waals surface area (Å²) >= 11 is 0. The maximum absolute atomic E-state index is 14.2. The van der Waals surface area contributed by atoms with Crippen molar-refractivity contribution in [2.75, 3.05) is 0 Å². The number of benzene rings is 1. The lowest BCUT2D eigenvalue weighted by Crippen LogP contribution is -2.49. The maximum Gasteiger partial charge on any atom is 0.200 e. The highest BCUT2D eigenvalue weighted by molar-refractivity contribution is 5.36. The van der Waals surface area contributed by atoms with E-state index in [1.807, 2.05) is 0 Å². The molecule has 1 aromatic rings. The average Bonchev–Trinajstić information content (AvgIpc) is 2.34. The molecule has 0 amide bonds. The van der Waals surface area contributed by atoms with Crippen molar-refractivity contribution in [3.63, 3.8) is 0 Å². The number of hydrogen-bond acceptors (Lipinski definition) is 1. The first-order valence-corrected chi connectivity index (χ1v) is 7.25. The van der Waals surface area contributed by atoms with Crippen molar-refractivity contribution in [3.8, 4) is 5.75 Å². The normalized spacial score (nSPS) is 39.8. The molecule has 0 saturated heterocycles. The van der Waals surface area contributed by atoms with Gasteiger partial charge in [-0.3, -0.25) is 0 Å². The Morgan fingerprint density at radius 2 is 1.42 bits per heavy atom. The van der Waals surface area contributed by atoms with Crippen LogP contribution in [0.5, 0.6) is 5.75 Å². The van der Waals surface area contributed by atoms with Gasteiger partial charge in [-0.05, 0) is 73.3 Å². The van der Waals surface area contributed by atoms with Crippen molar-refractivity contribution in [2.45, 2.75) is 43.9 Å². The van der Waals surface area contributed by atoms with Gasteiger partial charge in [-0.25, -0.2) is 4.39 Å². The van der Waals surface area contributed by atoms with Gasteiger partial charge in [0.25, 0.3) is 0 Å². The van der Waals surface area contributed by atoms with Crippen LogP contribution in [0.3, 0.4) is 0 Å². The Kier molecular flexibility index (Phi) is 2.28. The first kappa shape index (κ1) is 11.7. The first-order valence-electron chi connectivity index (χ1n) is 7.25. The molecule has 4 bridgehead atoms. The molecule has 4 aliphatic carbocycles. The van der Waals surface area contributed by atoms with Crippen LogP contribution in [0.1, 0.15) is 44.1 Å². The van der Waals surface area contributed by atoms with Crippen LogP contribution < -0.4 is 0 Å². The minimum Gasteiger partial charge on any atom is -0.505 e. The molecule has 4 aliphatic rings. The Bertz CT molecular complexity index is 503. The van der Waals surface area contributed by atoms with Crippen molar-refractivity contribution in [3.05, 3.63) is 29.3 Å². The van der Waals surface area contributed by atoms with Crippen molar-refractivity contribution in [2.24, 2.45) is 17.8 Å². The van der Waals surface area contributed by atoms with Gasteiger partial charge in [0.2, 0.25) is 5.82 Å². The fourth-order valence-corrected chi connectivity index (χ4v) is 5.39. The molecule has 4 saturated carbocycles. The van der Waals surface area contributed by atoms with Gasteiger partial charge in [0.05, 0.1) is 0 Å². The number of aromatic hydroxyl groups is 1. The second-order valence-corrected chi connectivity index (χ2v) is 6.96. The van der Waals surface area contributed by atoms with E-state index in [0.29, 0.717) is 23.3 Å². The first-order chi connectivity index (χ1) is 9.07. The SMILES string of the molecule is Oc1ccc([C@]23CC4C[C@@H](C[C@H](C4)C2)C3)c(F)c1F. The van der Waals surface area contributed by atoms with Gasteiger partial charge >= 0.3 is 0 Å². The second kappa shape index (κ2) is 3.71. The van der Waals surface area contributed by atoms with Crippen LogP contribution in [0.4, 0.5) is 8.78 Å². The summed E-state index contributed by atoms with van der Waals surface area (Å²) < 4.78 is 27.9. The summed E-state index contributed by atoms with van der Waals surface area (Å²) in [4.78, 5) is 0. The molecule has 4 fully saturated rings. The van der Waals surface area contributed by atoms with Crippen molar-refractivity contribution < 1.29 is 13.9 Å². The third-order valence-electron chi connectivity index (χ3n) is 5.67. The van der Waals surface area contributed by atoms with Crippen molar-refractivity contribution in [1.29, 1.82) is 0 Å². The smallest absolute Gasteiger partial charge is 0.200 e. The van der Waals surface area contributed by atoms with Crippen molar-refractivity contribution in [1.82, 2.24) is 0 Å². The van der Waals surface area contributed by atoms with Crippen molar-refractivity contribution >= 4 is 0 Å². The molecule has 0 aromatic heterocycles. The predicted molar refractivity (Wildman–Crippen MR) is 67.9 cm³/mol. The predicted octanol–water partition coefficient (Wildman–Crippen LogP) is 4.14. The van der Waals surface area contributed by atoms with E-state index in [1.54, 1.807) is 6.07 Å². The van der Waals surface area contributed by atoms with Gasteiger partial charge < -0.3 is 5.11 Å². The maximum atomic E-state index is 14.2. The molecule has 0 spiro atoms. The zero-order valence-electron chi connectivity index (χ0n) is 10.8. The molecule has 3 heteroatoms. The Balaban J connectivity index is 1.82. The second-order valence-electron chi connectivity index (χ2n) is 6.96. The highest BCUT2D eigenvalue weighted by Gasteiger charge is 2.52. The fraction of sp³-hybridized carbons (Fsp3) is 0.625. The fourth-order valence-electron chi connectivity index (χ4n) is 5.39. The molecule has 0 heterocycles. The molecule has 0 radical (unpaired) electrons. The van der Waals surface area contributed by atoms with Gasteiger partial charge in [-0.15, -0.1) is 0 Å². The highest BCUT2D eigenvalue weighted by atomic mass is 19.2. The number of phenolic OH excluding ortho intramolecular Hbond substituents is 1. The Labute approximate surface area is 111 Å². The molecule has 1 nitrogen and oxygen atoms in total. The van der Waals surface area contributed by atoms with Crippen LogP contribution in [0, 0.1) is 29.4 Å². The molecular formula is C16H18F2O. The summed E-state index contributed by atoms with van der Waals surface area (Å²) in [5, 5.41) is 9.29. The molecule has 1 aromatic carbocycles. The zero-order chi connectivity index (χ0) is 13.2. The minimum absolute atomic E-state index is 0.159. The molecular weight excluding hydrogens is 246 g/mol. The quantitative estimate of drug-likeness (QED) is 0.808. The summed E-state index contributed by atoms with van der Waals surface area (Å²) in [5.74, 6) is -0.381. The summed E-state index contributed by atoms with van der Waals surface area (Å²) in [6.45, 7) is 0. The standard InChI is InChI=1S/C16H18F2O/c17-14-12(1-2-13(19)15(14)18)16-6-9-3-10(7-16)5-11(4-9)8-16/h1-2,9-11,19H,3-8H2/t9-,10-,11?,16-/m1/s1. The summed E-state index contributed by atoms with van der Waals surface area (Å²) in [6, 6.07) is 2.92. The van der Waals surface area contributed by atoms with Crippen LogP contribution >= 0.6 is 0 Å². The van der Waals surface area contributed by atoms with Gasteiger partial charge in [0, 0.05) is 0 Å². The lowest BCUT2D eigenvalue weighted by Gasteiger charge is -2.57. The lowest BCUT2D eigenvalue weighted by molar-refractivity contribution is -0.00706. The minimum atomic E-state index is -1.08. The lowest BCUT2D eigenvalue weighted by atomic mass is 9.48. The Hall–Kier alpha value is -1.12. The van der Waals surface area contributed by atoms with Gasteiger partial charge in [0.15, 0.2) is 11.6 Å². The summed E-state index contributed by atoms with van der Waals surface area (Å²) in [7, 11) is 0. The summed E-state index contributed by atoms with van der Waals surface area (Å²) in [5.41, 5.74) is 0.356. The van der Waals surface area contributed by atoms with E-state index < -0.39 is 17.4 Å². The molecule has 0 aliphatic heterocycles. The Morgan fingerprint density at radius 1 is 0.895 bits per heavy atom. The number of halogens is 2. The topological polar surface area (TPSA) is 20.2 Å². The van der Waals surface area contributed by atoms with E-state index in [4.69, 9.17) is 0 Å². The third kappa shape index (κ3) is 1.56. The van der Waals surface area contributed by atoms with E-state index in [0.717, 1.165) is 19.3 Å². The zero-order valence-corrected chi connectivity index (χ0v) is 10.8. The van der Waals surface area contributed by atoms with E-state index in [1.165, 1.54) is 25.3 Å². The van der Waals surface area contributed by atoms with E-state index >= 15 is 0 Å². The van der Waals surface area contributed by atoms with Crippen LogP contribution in [0.25, 0.3) is 0 Å². The van der Waals surface area contributed by atoms with E-state index in [-0.39, 0.29) is 5.41 Å². The molecule has 102 valence electrons. The van der Waals surface area contributed by atoms with Gasteiger partial charge in [-0.2, -0.15) is 4.39 Å². The largest absolute Gasteiger partial charge is 0.505 e. The monoisotopic (exact) mass is 264 g/mol. The molecule has 5 rings (SSSR count). The van der Waals surface area contributed by atoms with Gasteiger partial charge in [0.1, 0.15) is 0 Å². The van der Waals surface area contributed by atoms with E-state index in [9.17, 15) is 13.9 Å².